The molecule has 21 heavy (non-hydrogen) atoms. The molecule has 2 heterocycles. The molecule has 0 aliphatic carbocycles. The Morgan fingerprint density at radius 2 is 1.90 bits per heavy atom. The zero-order valence-corrected chi connectivity index (χ0v) is 12.9. The van der Waals surface area contributed by atoms with Gasteiger partial charge < -0.3 is 5.73 Å². The Labute approximate surface area is 129 Å². The SMILES string of the molecule is CCC(C)c1ccc(-c2nc3ccc(Cl)cn3c2N)cc1. The molecule has 0 aliphatic heterocycles. The van der Waals surface area contributed by atoms with Crippen molar-refractivity contribution in [2.24, 2.45) is 0 Å². The second-order valence-corrected chi connectivity index (χ2v) is 5.79. The molecule has 1 unspecified atom stereocenters. The number of pyridine rings is 1. The molecule has 1 atom stereocenters. The molecule has 0 saturated heterocycles. The summed E-state index contributed by atoms with van der Waals surface area (Å²) < 4.78 is 1.82. The summed E-state index contributed by atoms with van der Waals surface area (Å²) in [6.07, 6.45) is 2.92. The van der Waals surface area contributed by atoms with E-state index in [2.05, 4.69) is 43.1 Å². The lowest BCUT2D eigenvalue weighted by molar-refractivity contribution is 0.734. The van der Waals surface area contributed by atoms with Crippen molar-refractivity contribution in [3.05, 3.63) is 53.2 Å². The normalized spacial score (nSPS) is 12.7. The van der Waals surface area contributed by atoms with Gasteiger partial charge in [0.2, 0.25) is 0 Å². The van der Waals surface area contributed by atoms with Crippen LogP contribution in [0, 0.1) is 0 Å². The molecule has 3 aromatic rings. The topological polar surface area (TPSA) is 43.3 Å². The number of hydrogen-bond donors (Lipinski definition) is 1. The molecule has 2 N–H and O–H groups in total. The van der Waals surface area contributed by atoms with Crippen LogP contribution < -0.4 is 5.73 Å². The number of hydrogen-bond acceptors (Lipinski definition) is 2. The Kier molecular flexibility index (Phi) is 3.60. The Morgan fingerprint density at radius 1 is 1.19 bits per heavy atom. The lowest BCUT2D eigenvalue weighted by atomic mass is 9.97. The van der Waals surface area contributed by atoms with Crippen LogP contribution in [0.2, 0.25) is 5.02 Å². The maximum Gasteiger partial charge on any atom is 0.139 e. The second kappa shape index (κ2) is 5.41. The van der Waals surface area contributed by atoms with Crippen LogP contribution in [0.5, 0.6) is 0 Å². The number of halogens is 1. The molecule has 0 radical (unpaired) electrons. The van der Waals surface area contributed by atoms with Gasteiger partial charge in [-0.1, -0.05) is 49.7 Å². The fraction of sp³-hybridized carbons (Fsp3) is 0.235. The quantitative estimate of drug-likeness (QED) is 0.758. The van der Waals surface area contributed by atoms with Crippen LogP contribution in [-0.4, -0.2) is 9.38 Å². The average Bonchev–Trinajstić information content (AvgIpc) is 2.83. The van der Waals surface area contributed by atoms with Gasteiger partial charge in [0.05, 0.1) is 5.02 Å². The summed E-state index contributed by atoms with van der Waals surface area (Å²) >= 11 is 6.01. The summed E-state index contributed by atoms with van der Waals surface area (Å²) in [6, 6.07) is 12.2. The Hall–Kier alpha value is -2.00. The highest BCUT2D eigenvalue weighted by molar-refractivity contribution is 6.30. The van der Waals surface area contributed by atoms with Crippen molar-refractivity contribution in [3.8, 4) is 11.3 Å². The van der Waals surface area contributed by atoms with E-state index in [0.717, 1.165) is 23.3 Å². The van der Waals surface area contributed by atoms with Gasteiger partial charge in [-0.05, 0) is 30.0 Å². The average molecular weight is 300 g/mol. The van der Waals surface area contributed by atoms with Crippen molar-refractivity contribution < 1.29 is 0 Å². The number of nitrogen functional groups attached to an aromatic ring is 1. The molecule has 3 rings (SSSR count). The fourth-order valence-electron chi connectivity index (χ4n) is 2.45. The van der Waals surface area contributed by atoms with Crippen molar-refractivity contribution in [1.29, 1.82) is 0 Å². The third-order valence-corrected chi connectivity index (χ3v) is 4.21. The van der Waals surface area contributed by atoms with Gasteiger partial charge in [-0.25, -0.2) is 4.98 Å². The van der Waals surface area contributed by atoms with Crippen LogP contribution in [-0.2, 0) is 0 Å². The Bertz CT molecular complexity index is 775. The lowest BCUT2D eigenvalue weighted by Gasteiger charge is -2.09. The minimum atomic E-state index is 0.566. The maximum absolute atomic E-state index is 6.21. The molecule has 0 fully saturated rings. The number of aromatic nitrogens is 2. The van der Waals surface area contributed by atoms with E-state index in [1.807, 2.05) is 16.5 Å². The number of nitrogens with zero attached hydrogens (tertiary/aromatic N) is 2. The van der Waals surface area contributed by atoms with Gasteiger partial charge in [0.1, 0.15) is 17.2 Å². The maximum atomic E-state index is 6.21. The first kappa shape index (κ1) is 14.0. The standard InChI is InChI=1S/C17H18ClN3/c1-3-11(2)12-4-6-13(7-5-12)16-17(19)21-10-14(18)8-9-15(21)20-16/h4-11H,3,19H2,1-2H3. The molecule has 1 aromatic carbocycles. The molecule has 0 spiro atoms. The van der Waals surface area contributed by atoms with Crippen molar-refractivity contribution >= 4 is 23.1 Å². The van der Waals surface area contributed by atoms with Crippen molar-refractivity contribution in [1.82, 2.24) is 9.38 Å². The van der Waals surface area contributed by atoms with Crippen molar-refractivity contribution in [2.45, 2.75) is 26.2 Å². The summed E-state index contributed by atoms with van der Waals surface area (Å²) in [7, 11) is 0. The van der Waals surface area contributed by atoms with Crippen LogP contribution in [0.15, 0.2) is 42.6 Å². The third-order valence-electron chi connectivity index (χ3n) is 3.98. The molecule has 0 amide bonds. The number of benzene rings is 1. The summed E-state index contributed by atoms with van der Waals surface area (Å²) in [5.41, 5.74) is 10.2. The molecule has 3 nitrogen and oxygen atoms in total. The number of imidazole rings is 1. The molecule has 4 heteroatoms. The minimum Gasteiger partial charge on any atom is -0.383 e. The molecule has 2 aromatic heterocycles. The first-order valence-electron chi connectivity index (χ1n) is 7.13. The van der Waals surface area contributed by atoms with Gasteiger partial charge in [-0.3, -0.25) is 4.40 Å². The van der Waals surface area contributed by atoms with Crippen LogP contribution in [0.1, 0.15) is 31.7 Å². The van der Waals surface area contributed by atoms with E-state index in [1.54, 1.807) is 6.20 Å². The predicted octanol–water partition coefficient (Wildman–Crippen LogP) is 4.75. The summed E-state index contributed by atoms with van der Waals surface area (Å²) in [4.78, 5) is 4.60. The van der Waals surface area contributed by atoms with Crippen molar-refractivity contribution in [3.63, 3.8) is 0 Å². The molecule has 0 bridgehead atoms. The predicted molar refractivity (Wildman–Crippen MR) is 88.8 cm³/mol. The Balaban J connectivity index is 2.06. The fourth-order valence-corrected chi connectivity index (χ4v) is 2.62. The number of nitrogens with two attached hydrogens (primary N) is 1. The van der Waals surface area contributed by atoms with Crippen LogP contribution in [0.4, 0.5) is 5.82 Å². The first-order chi connectivity index (χ1) is 10.1. The summed E-state index contributed by atoms with van der Waals surface area (Å²) in [5, 5.41) is 0.644. The van der Waals surface area contributed by atoms with Gasteiger partial charge in [-0.15, -0.1) is 0 Å². The van der Waals surface area contributed by atoms with E-state index < -0.39 is 0 Å². The number of rotatable bonds is 3. The van der Waals surface area contributed by atoms with E-state index in [4.69, 9.17) is 17.3 Å². The summed E-state index contributed by atoms with van der Waals surface area (Å²) in [6.45, 7) is 4.43. The molecular weight excluding hydrogens is 282 g/mol. The minimum absolute atomic E-state index is 0.566. The van der Waals surface area contributed by atoms with Gasteiger partial charge in [0.15, 0.2) is 0 Å². The zero-order chi connectivity index (χ0) is 15.0. The van der Waals surface area contributed by atoms with E-state index in [0.29, 0.717) is 16.8 Å². The van der Waals surface area contributed by atoms with E-state index in [1.165, 1.54) is 5.56 Å². The van der Waals surface area contributed by atoms with Gasteiger partial charge in [-0.2, -0.15) is 0 Å². The molecule has 108 valence electrons. The van der Waals surface area contributed by atoms with Gasteiger partial charge in [0.25, 0.3) is 0 Å². The highest BCUT2D eigenvalue weighted by atomic mass is 35.5. The van der Waals surface area contributed by atoms with Crippen LogP contribution in [0.3, 0.4) is 0 Å². The molecular formula is C17H18ClN3. The van der Waals surface area contributed by atoms with Crippen LogP contribution >= 0.6 is 11.6 Å². The molecule has 0 aliphatic rings. The third kappa shape index (κ3) is 2.49. The smallest absolute Gasteiger partial charge is 0.139 e. The van der Waals surface area contributed by atoms with Crippen LogP contribution in [0.25, 0.3) is 16.9 Å². The molecule has 0 saturated carbocycles. The highest BCUT2D eigenvalue weighted by Gasteiger charge is 2.12. The van der Waals surface area contributed by atoms with E-state index in [9.17, 15) is 0 Å². The second-order valence-electron chi connectivity index (χ2n) is 5.35. The van der Waals surface area contributed by atoms with Gasteiger partial charge >= 0.3 is 0 Å². The monoisotopic (exact) mass is 299 g/mol. The Morgan fingerprint density at radius 3 is 2.57 bits per heavy atom. The van der Waals surface area contributed by atoms with Gasteiger partial charge in [0, 0.05) is 11.8 Å². The summed E-state index contributed by atoms with van der Waals surface area (Å²) in [5.74, 6) is 1.18. The van der Waals surface area contributed by atoms with E-state index >= 15 is 0 Å². The number of anilines is 1. The lowest BCUT2D eigenvalue weighted by Crippen LogP contribution is -1.94. The van der Waals surface area contributed by atoms with E-state index in [-0.39, 0.29) is 0 Å². The van der Waals surface area contributed by atoms with Crippen molar-refractivity contribution in [2.75, 3.05) is 5.73 Å². The largest absolute Gasteiger partial charge is 0.383 e. The first-order valence-corrected chi connectivity index (χ1v) is 7.51. The zero-order valence-electron chi connectivity index (χ0n) is 12.2. The number of fused-ring (bicyclic) bond motifs is 1. The highest BCUT2D eigenvalue weighted by Crippen LogP contribution is 2.29.